The molecule has 1 saturated heterocycles. The lowest BCUT2D eigenvalue weighted by atomic mass is 9.99. The number of anilines is 1. The molecular weight excluding hydrogens is 300 g/mol. The van der Waals surface area contributed by atoms with Crippen molar-refractivity contribution < 1.29 is 4.79 Å². The molecule has 1 aromatic carbocycles. The Labute approximate surface area is 141 Å². The van der Waals surface area contributed by atoms with Crippen molar-refractivity contribution in [1.29, 1.82) is 5.26 Å². The number of nitrogens with one attached hydrogen (secondary N) is 1. The fraction of sp³-hybridized carbons (Fsp3) is 0.316. The first-order valence-electron chi connectivity index (χ1n) is 8.15. The normalized spacial score (nSPS) is 14.9. The highest BCUT2D eigenvalue weighted by atomic mass is 16.2. The summed E-state index contributed by atoms with van der Waals surface area (Å²) in [6.45, 7) is 3.29. The van der Waals surface area contributed by atoms with E-state index in [1.807, 2.05) is 43.3 Å². The zero-order valence-corrected chi connectivity index (χ0v) is 13.7. The lowest BCUT2D eigenvalue weighted by molar-refractivity contribution is 0.192. The van der Waals surface area contributed by atoms with Gasteiger partial charge in [0.25, 0.3) is 0 Å². The summed E-state index contributed by atoms with van der Waals surface area (Å²) in [5.74, 6) is 0.0733. The Morgan fingerprint density at radius 2 is 2.08 bits per heavy atom. The first kappa shape index (κ1) is 16.0. The fourth-order valence-corrected chi connectivity index (χ4v) is 2.91. The van der Waals surface area contributed by atoms with Gasteiger partial charge in [0.1, 0.15) is 0 Å². The SMILES string of the molecule is Cc1ccc(NC(=O)N2CCC(C#N)CC2)cc1-c1ccccn1. The molecule has 122 valence electrons. The molecule has 1 aliphatic heterocycles. The standard InChI is InChI=1S/C19H20N4O/c1-14-5-6-16(12-17(14)18-4-2-3-9-21-18)22-19(24)23-10-7-15(13-20)8-11-23/h2-6,9,12,15H,7-8,10-11H2,1H3,(H,22,24). The Morgan fingerprint density at radius 3 is 2.75 bits per heavy atom. The summed E-state index contributed by atoms with van der Waals surface area (Å²) in [6.07, 6.45) is 3.26. The lowest BCUT2D eigenvalue weighted by Gasteiger charge is -2.29. The van der Waals surface area contributed by atoms with Crippen molar-refractivity contribution in [1.82, 2.24) is 9.88 Å². The second-order valence-corrected chi connectivity index (χ2v) is 6.07. The van der Waals surface area contributed by atoms with Gasteiger partial charge in [-0.3, -0.25) is 4.98 Å². The van der Waals surface area contributed by atoms with Crippen LogP contribution in [0.15, 0.2) is 42.6 Å². The molecule has 0 unspecified atom stereocenters. The van der Waals surface area contributed by atoms with Gasteiger partial charge in [-0.05, 0) is 49.6 Å². The Morgan fingerprint density at radius 1 is 1.29 bits per heavy atom. The third kappa shape index (κ3) is 3.54. The number of hydrogen-bond donors (Lipinski definition) is 1. The summed E-state index contributed by atoms with van der Waals surface area (Å²) in [4.78, 5) is 18.6. The maximum absolute atomic E-state index is 12.4. The molecule has 5 nitrogen and oxygen atoms in total. The van der Waals surface area contributed by atoms with Crippen molar-refractivity contribution in [3.8, 4) is 17.3 Å². The maximum atomic E-state index is 12.4. The average Bonchev–Trinajstić information content (AvgIpc) is 2.64. The summed E-state index contributed by atoms with van der Waals surface area (Å²) in [6, 6.07) is 13.8. The number of nitriles is 1. The minimum Gasteiger partial charge on any atom is -0.324 e. The highest BCUT2D eigenvalue weighted by Gasteiger charge is 2.22. The van der Waals surface area contributed by atoms with Crippen molar-refractivity contribution >= 4 is 11.7 Å². The number of amides is 2. The van der Waals surface area contributed by atoms with E-state index in [1.165, 1.54) is 0 Å². The average molecular weight is 320 g/mol. The molecule has 0 bridgehead atoms. The molecule has 1 N–H and O–H groups in total. The summed E-state index contributed by atoms with van der Waals surface area (Å²) in [5.41, 5.74) is 3.77. The van der Waals surface area contributed by atoms with Crippen LogP contribution in [-0.2, 0) is 0 Å². The highest BCUT2D eigenvalue weighted by molar-refractivity contribution is 5.90. The molecule has 0 saturated carbocycles. The number of piperidine rings is 1. The predicted molar refractivity (Wildman–Crippen MR) is 93.3 cm³/mol. The number of likely N-dealkylation sites (tertiary alicyclic amines) is 1. The largest absolute Gasteiger partial charge is 0.324 e. The number of benzene rings is 1. The second-order valence-electron chi connectivity index (χ2n) is 6.07. The molecule has 0 aliphatic carbocycles. The van der Waals surface area contributed by atoms with E-state index in [0.717, 1.165) is 35.3 Å². The molecule has 0 spiro atoms. The van der Waals surface area contributed by atoms with Gasteiger partial charge in [0.2, 0.25) is 0 Å². The topological polar surface area (TPSA) is 69.0 Å². The van der Waals surface area contributed by atoms with Crippen LogP contribution in [-0.4, -0.2) is 29.0 Å². The van der Waals surface area contributed by atoms with Crippen molar-refractivity contribution in [3.63, 3.8) is 0 Å². The quantitative estimate of drug-likeness (QED) is 0.914. The van der Waals surface area contributed by atoms with Crippen LogP contribution in [0, 0.1) is 24.2 Å². The molecule has 0 radical (unpaired) electrons. The summed E-state index contributed by atoms with van der Waals surface area (Å²) < 4.78 is 0. The number of rotatable bonds is 2. The monoisotopic (exact) mass is 320 g/mol. The van der Waals surface area contributed by atoms with Crippen molar-refractivity contribution in [3.05, 3.63) is 48.2 Å². The molecule has 1 fully saturated rings. The lowest BCUT2D eigenvalue weighted by Crippen LogP contribution is -2.40. The molecular formula is C19H20N4O. The first-order valence-corrected chi connectivity index (χ1v) is 8.15. The summed E-state index contributed by atoms with van der Waals surface area (Å²) in [7, 11) is 0. The summed E-state index contributed by atoms with van der Waals surface area (Å²) >= 11 is 0. The molecule has 1 aromatic heterocycles. The Kier molecular flexibility index (Phi) is 4.76. The number of pyridine rings is 1. The van der Waals surface area contributed by atoms with Crippen molar-refractivity contribution in [2.24, 2.45) is 5.92 Å². The van der Waals surface area contributed by atoms with Crippen LogP contribution < -0.4 is 5.32 Å². The molecule has 3 rings (SSSR count). The number of carbonyl (C=O) groups excluding carboxylic acids is 1. The number of hydrogen-bond acceptors (Lipinski definition) is 3. The number of carbonyl (C=O) groups is 1. The van der Waals surface area contributed by atoms with E-state index in [9.17, 15) is 4.79 Å². The minimum atomic E-state index is -0.109. The van der Waals surface area contributed by atoms with E-state index >= 15 is 0 Å². The van der Waals surface area contributed by atoms with Crippen molar-refractivity contribution in [2.45, 2.75) is 19.8 Å². The van der Waals surface area contributed by atoms with E-state index in [4.69, 9.17) is 5.26 Å². The van der Waals surface area contributed by atoms with Gasteiger partial charge in [-0.15, -0.1) is 0 Å². The van der Waals surface area contributed by atoms with Gasteiger partial charge in [-0.25, -0.2) is 4.79 Å². The molecule has 24 heavy (non-hydrogen) atoms. The van der Waals surface area contributed by atoms with E-state index < -0.39 is 0 Å². The van der Waals surface area contributed by atoms with Gasteiger partial charge in [0.05, 0.1) is 11.8 Å². The van der Waals surface area contributed by atoms with E-state index in [0.29, 0.717) is 13.1 Å². The summed E-state index contributed by atoms with van der Waals surface area (Å²) in [5, 5.41) is 11.9. The van der Waals surface area contributed by atoms with Crippen LogP contribution >= 0.6 is 0 Å². The van der Waals surface area contributed by atoms with Gasteiger partial charge in [0, 0.05) is 36.5 Å². The van der Waals surface area contributed by atoms with E-state index in [2.05, 4.69) is 16.4 Å². The van der Waals surface area contributed by atoms with Gasteiger partial charge in [0.15, 0.2) is 0 Å². The van der Waals surface area contributed by atoms with Crippen LogP contribution in [0.3, 0.4) is 0 Å². The zero-order chi connectivity index (χ0) is 16.9. The van der Waals surface area contributed by atoms with Gasteiger partial charge in [-0.1, -0.05) is 12.1 Å². The van der Waals surface area contributed by atoms with Crippen LogP contribution in [0.4, 0.5) is 10.5 Å². The predicted octanol–water partition coefficient (Wildman–Crippen LogP) is 3.82. The molecule has 2 heterocycles. The third-order valence-electron chi connectivity index (χ3n) is 4.39. The molecule has 2 aromatic rings. The Balaban J connectivity index is 1.72. The molecule has 1 aliphatic rings. The van der Waals surface area contributed by atoms with E-state index in [1.54, 1.807) is 11.1 Å². The second kappa shape index (κ2) is 7.14. The first-order chi connectivity index (χ1) is 11.7. The van der Waals surface area contributed by atoms with Crippen LogP contribution in [0.25, 0.3) is 11.3 Å². The zero-order valence-electron chi connectivity index (χ0n) is 13.7. The van der Waals surface area contributed by atoms with Gasteiger partial charge < -0.3 is 10.2 Å². The van der Waals surface area contributed by atoms with Crippen molar-refractivity contribution in [2.75, 3.05) is 18.4 Å². The number of urea groups is 1. The molecule has 2 amide bonds. The Bertz CT molecular complexity index is 759. The van der Waals surface area contributed by atoms with Gasteiger partial charge in [-0.2, -0.15) is 5.26 Å². The van der Waals surface area contributed by atoms with Crippen LogP contribution in [0.2, 0.25) is 0 Å². The van der Waals surface area contributed by atoms with Crippen LogP contribution in [0.1, 0.15) is 18.4 Å². The highest BCUT2D eigenvalue weighted by Crippen LogP contribution is 2.25. The number of aromatic nitrogens is 1. The smallest absolute Gasteiger partial charge is 0.321 e. The molecule has 0 atom stereocenters. The Hall–Kier alpha value is -2.87. The maximum Gasteiger partial charge on any atom is 0.321 e. The van der Waals surface area contributed by atoms with Gasteiger partial charge >= 0.3 is 6.03 Å². The minimum absolute atomic E-state index is 0.0733. The number of nitrogens with zero attached hydrogens (tertiary/aromatic N) is 3. The third-order valence-corrected chi connectivity index (χ3v) is 4.39. The van der Waals surface area contributed by atoms with E-state index in [-0.39, 0.29) is 11.9 Å². The molecule has 5 heteroatoms. The fourth-order valence-electron chi connectivity index (χ4n) is 2.91. The number of aryl methyl sites for hydroxylation is 1. The van der Waals surface area contributed by atoms with Crippen LogP contribution in [0.5, 0.6) is 0 Å².